The minimum Gasteiger partial charge on any atom is -0.497 e. The van der Waals surface area contributed by atoms with Crippen LogP contribution < -0.4 is 4.74 Å². The molecule has 3 rings (SSSR count). The fourth-order valence-corrected chi connectivity index (χ4v) is 5.75. The summed E-state index contributed by atoms with van der Waals surface area (Å²) in [5.41, 5.74) is 2.14. The first-order valence-corrected chi connectivity index (χ1v) is 8.29. The lowest BCUT2D eigenvalue weighted by atomic mass is 10.1. The lowest BCUT2D eigenvalue weighted by molar-refractivity contribution is 0.0999. The number of hydrogen-bond acceptors (Lipinski definition) is 2. The summed E-state index contributed by atoms with van der Waals surface area (Å²) in [5.74, 6) is 3.79. The minimum atomic E-state index is 0.271. The molecule has 1 atom stereocenters. The SMILES string of the molecule is COc1ccc2c(c1)CC([S+]1CCCCC1)C2=O. The van der Waals surface area contributed by atoms with Gasteiger partial charge in [0.25, 0.3) is 0 Å². The number of carbonyl (C=O) groups is 1. The van der Waals surface area contributed by atoms with Gasteiger partial charge in [-0.3, -0.25) is 4.79 Å². The lowest BCUT2D eigenvalue weighted by Gasteiger charge is -2.17. The second-order valence-electron chi connectivity index (χ2n) is 5.09. The van der Waals surface area contributed by atoms with Gasteiger partial charge in [0, 0.05) is 12.0 Å². The normalized spacial score (nSPS) is 24.1. The molecule has 1 aliphatic carbocycles. The molecule has 0 bridgehead atoms. The van der Waals surface area contributed by atoms with E-state index in [1.54, 1.807) is 7.11 Å². The predicted molar refractivity (Wildman–Crippen MR) is 75.8 cm³/mol. The number of hydrogen-bond donors (Lipinski definition) is 0. The zero-order chi connectivity index (χ0) is 12.5. The minimum absolute atomic E-state index is 0.271. The topological polar surface area (TPSA) is 26.3 Å². The molecule has 2 aliphatic rings. The first kappa shape index (κ1) is 12.1. The van der Waals surface area contributed by atoms with Crippen LogP contribution in [0, 0.1) is 0 Å². The maximum Gasteiger partial charge on any atom is 0.215 e. The Labute approximate surface area is 111 Å². The molecule has 0 aromatic heterocycles. The van der Waals surface area contributed by atoms with E-state index in [9.17, 15) is 4.79 Å². The molecule has 1 aliphatic heterocycles. The Morgan fingerprint density at radius 3 is 2.72 bits per heavy atom. The summed E-state index contributed by atoms with van der Waals surface area (Å²) in [5, 5.41) is 0.271. The van der Waals surface area contributed by atoms with Gasteiger partial charge in [-0.2, -0.15) is 0 Å². The molecule has 1 aromatic rings. The van der Waals surface area contributed by atoms with E-state index >= 15 is 0 Å². The summed E-state index contributed by atoms with van der Waals surface area (Å²) in [6.07, 6.45) is 4.92. The van der Waals surface area contributed by atoms with Gasteiger partial charge in [0.1, 0.15) is 17.3 Å². The summed E-state index contributed by atoms with van der Waals surface area (Å²) in [6.45, 7) is 0. The highest BCUT2D eigenvalue weighted by Crippen LogP contribution is 2.32. The number of carbonyl (C=O) groups excluding carboxylic acids is 1. The Kier molecular flexibility index (Phi) is 3.33. The Balaban J connectivity index is 1.83. The van der Waals surface area contributed by atoms with Gasteiger partial charge in [-0.05, 0) is 53.9 Å². The number of methoxy groups -OCH3 is 1. The molecule has 1 unspecified atom stereocenters. The Morgan fingerprint density at radius 1 is 1.22 bits per heavy atom. The number of benzene rings is 1. The van der Waals surface area contributed by atoms with Crippen molar-refractivity contribution in [2.45, 2.75) is 30.9 Å². The zero-order valence-electron chi connectivity index (χ0n) is 10.8. The number of ketones is 1. The molecule has 2 nitrogen and oxygen atoms in total. The molecule has 0 spiro atoms. The molecule has 3 heteroatoms. The highest BCUT2D eigenvalue weighted by molar-refractivity contribution is 7.98. The van der Waals surface area contributed by atoms with Gasteiger partial charge >= 0.3 is 0 Å². The zero-order valence-corrected chi connectivity index (χ0v) is 11.6. The first-order chi connectivity index (χ1) is 8.79. The number of Topliss-reactive ketones (excluding diaryl/α,β-unsaturated/α-hetero) is 1. The largest absolute Gasteiger partial charge is 0.497 e. The van der Waals surface area contributed by atoms with Crippen LogP contribution in [-0.2, 0) is 17.3 Å². The summed E-state index contributed by atoms with van der Waals surface area (Å²) < 4.78 is 5.25. The summed E-state index contributed by atoms with van der Waals surface area (Å²) in [7, 11) is 2.00. The molecule has 96 valence electrons. The fourth-order valence-electron chi connectivity index (χ4n) is 2.98. The van der Waals surface area contributed by atoms with Crippen LogP contribution in [0.4, 0.5) is 0 Å². The van der Waals surface area contributed by atoms with E-state index in [-0.39, 0.29) is 5.25 Å². The van der Waals surface area contributed by atoms with Crippen molar-refractivity contribution in [3.63, 3.8) is 0 Å². The van der Waals surface area contributed by atoms with Crippen molar-refractivity contribution in [1.29, 1.82) is 0 Å². The average Bonchev–Trinajstić information content (AvgIpc) is 2.76. The second-order valence-corrected chi connectivity index (χ2v) is 7.55. The first-order valence-electron chi connectivity index (χ1n) is 6.67. The monoisotopic (exact) mass is 263 g/mol. The molecular formula is C15H19O2S+. The highest BCUT2D eigenvalue weighted by Gasteiger charge is 2.43. The van der Waals surface area contributed by atoms with Crippen molar-refractivity contribution in [1.82, 2.24) is 0 Å². The molecule has 0 amide bonds. The van der Waals surface area contributed by atoms with Crippen molar-refractivity contribution in [3.05, 3.63) is 29.3 Å². The van der Waals surface area contributed by atoms with Crippen LogP contribution in [0.1, 0.15) is 35.2 Å². The molecule has 0 radical (unpaired) electrons. The van der Waals surface area contributed by atoms with Gasteiger partial charge in [0.15, 0.2) is 5.25 Å². The summed E-state index contributed by atoms with van der Waals surface area (Å²) in [4.78, 5) is 12.5. The van der Waals surface area contributed by atoms with Gasteiger partial charge in [-0.1, -0.05) is 0 Å². The molecule has 0 N–H and O–H groups in total. The Hall–Kier alpha value is -0.960. The van der Waals surface area contributed by atoms with E-state index in [0.29, 0.717) is 16.7 Å². The number of rotatable bonds is 2. The van der Waals surface area contributed by atoms with Crippen LogP contribution >= 0.6 is 0 Å². The third-order valence-electron chi connectivity index (χ3n) is 3.99. The standard InChI is InChI=1S/C15H19O2S/c1-17-12-5-6-13-11(9-12)10-14(15(13)16)18-7-3-2-4-8-18/h5-6,9,14H,2-4,7-8,10H2,1H3/q+1. The third kappa shape index (κ3) is 2.05. The van der Waals surface area contributed by atoms with Gasteiger partial charge < -0.3 is 4.74 Å². The van der Waals surface area contributed by atoms with Crippen molar-refractivity contribution >= 4 is 16.7 Å². The van der Waals surface area contributed by atoms with E-state index in [2.05, 4.69) is 0 Å². The van der Waals surface area contributed by atoms with E-state index in [1.165, 1.54) is 36.3 Å². The molecular weight excluding hydrogens is 244 g/mol. The van der Waals surface area contributed by atoms with Gasteiger partial charge in [0.2, 0.25) is 5.78 Å². The van der Waals surface area contributed by atoms with E-state index < -0.39 is 0 Å². The molecule has 0 saturated carbocycles. The summed E-state index contributed by atoms with van der Waals surface area (Å²) >= 11 is 0. The second kappa shape index (κ2) is 4.96. The van der Waals surface area contributed by atoms with Gasteiger partial charge in [-0.15, -0.1) is 0 Å². The van der Waals surface area contributed by atoms with E-state index in [1.807, 2.05) is 18.2 Å². The molecule has 1 saturated heterocycles. The molecule has 1 aromatic carbocycles. The predicted octanol–water partition coefficient (Wildman–Crippen LogP) is 2.60. The van der Waals surface area contributed by atoms with Crippen molar-refractivity contribution in [2.24, 2.45) is 0 Å². The van der Waals surface area contributed by atoms with Crippen LogP contribution in [0.15, 0.2) is 18.2 Å². The van der Waals surface area contributed by atoms with E-state index in [4.69, 9.17) is 4.74 Å². The Morgan fingerprint density at radius 2 is 2.00 bits per heavy atom. The maximum atomic E-state index is 12.5. The van der Waals surface area contributed by atoms with Crippen LogP contribution in [0.5, 0.6) is 5.75 Å². The van der Waals surface area contributed by atoms with Crippen LogP contribution in [0.25, 0.3) is 0 Å². The quantitative estimate of drug-likeness (QED) is 0.767. The van der Waals surface area contributed by atoms with Crippen LogP contribution in [0.2, 0.25) is 0 Å². The third-order valence-corrected chi connectivity index (χ3v) is 6.80. The Bertz CT molecular complexity index is 464. The number of fused-ring (bicyclic) bond motifs is 1. The average molecular weight is 263 g/mol. The molecule has 18 heavy (non-hydrogen) atoms. The fraction of sp³-hybridized carbons (Fsp3) is 0.533. The van der Waals surface area contributed by atoms with Gasteiger partial charge in [-0.25, -0.2) is 0 Å². The van der Waals surface area contributed by atoms with Crippen LogP contribution in [0.3, 0.4) is 0 Å². The van der Waals surface area contributed by atoms with Crippen LogP contribution in [-0.4, -0.2) is 29.6 Å². The maximum absolute atomic E-state index is 12.5. The number of ether oxygens (including phenoxy) is 1. The van der Waals surface area contributed by atoms with Crippen molar-refractivity contribution < 1.29 is 9.53 Å². The van der Waals surface area contributed by atoms with Crippen molar-refractivity contribution in [2.75, 3.05) is 18.6 Å². The smallest absolute Gasteiger partial charge is 0.215 e. The molecule has 1 fully saturated rings. The van der Waals surface area contributed by atoms with E-state index in [0.717, 1.165) is 17.7 Å². The highest BCUT2D eigenvalue weighted by atomic mass is 32.2. The summed E-state index contributed by atoms with van der Waals surface area (Å²) in [6, 6.07) is 5.90. The van der Waals surface area contributed by atoms with Gasteiger partial charge in [0.05, 0.1) is 7.11 Å². The lowest BCUT2D eigenvalue weighted by Crippen LogP contribution is -2.34. The molecule has 1 heterocycles. The van der Waals surface area contributed by atoms with Crippen molar-refractivity contribution in [3.8, 4) is 5.75 Å².